The summed E-state index contributed by atoms with van der Waals surface area (Å²) in [6.07, 6.45) is 0.184. The fraction of sp³-hybridized carbons (Fsp3) is 0.167. The summed E-state index contributed by atoms with van der Waals surface area (Å²) in [7, 11) is 0. The first-order chi connectivity index (χ1) is 14.5. The first-order valence-electron chi connectivity index (χ1n) is 9.69. The Morgan fingerprint density at radius 3 is 2.47 bits per heavy atom. The van der Waals surface area contributed by atoms with Crippen molar-refractivity contribution in [2.24, 2.45) is 5.92 Å². The van der Waals surface area contributed by atoms with E-state index in [1.54, 1.807) is 53.4 Å². The molecule has 1 aliphatic heterocycles. The number of ether oxygens (including phenoxy) is 1. The maximum atomic E-state index is 12.7. The number of hydrogen-bond acceptors (Lipinski definition) is 3. The van der Waals surface area contributed by atoms with Crippen LogP contribution >= 0.6 is 11.6 Å². The topological polar surface area (TPSA) is 58.6 Å². The van der Waals surface area contributed by atoms with Crippen molar-refractivity contribution in [1.82, 2.24) is 0 Å². The minimum absolute atomic E-state index is 0.0700. The largest absolute Gasteiger partial charge is 0.457 e. The summed E-state index contributed by atoms with van der Waals surface area (Å²) in [6, 6.07) is 22.0. The quantitative estimate of drug-likeness (QED) is 0.598. The highest BCUT2D eigenvalue weighted by Crippen LogP contribution is 2.28. The number of benzene rings is 3. The summed E-state index contributed by atoms with van der Waals surface area (Å²) in [4.78, 5) is 26.7. The fourth-order valence-electron chi connectivity index (χ4n) is 3.42. The van der Waals surface area contributed by atoms with Gasteiger partial charge in [-0.15, -0.1) is 0 Å². The van der Waals surface area contributed by atoms with Crippen LogP contribution in [0.1, 0.15) is 12.0 Å². The van der Waals surface area contributed by atoms with E-state index in [9.17, 15) is 9.59 Å². The zero-order valence-electron chi connectivity index (χ0n) is 16.5. The van der Waals surface area contributed by atoms with Gasteiger partial charge in [0.15, 0.2) is 0 Å². The number of hydrogen-bond donors (Lipinski definition) is 1. The molecule has 1 N–H and O–H groups in total. The average Bonchev–Trinajstić information content (AvgIpc) is 3.12. The Kier molecular flexibility index (Phi) is 5.72. The van der Waals surface area contributed by atoms with Crippen LogP contribution in [0.3, 0.4) is 0 Å². The fourth-order valence-corrected chi connectivity index (χ4v) is 3.55. The molecule has 1 fully saturated rings. The molecule has 0 aliphatic carbocycles. The van der Waals surface area contributed by atoms with Crippen LogP contribution in [0.5, 0.6) is 11.5 Å². The SMILES string of the molecule is Cc1cccc(Oc2ccc(NC(=O)[C@@H]3CC(=O)N(c4ccc(Cl)cc4)C3)cc2)c1. The molecule has 0 unspecified atom stereocenters. The number of halogens is 1. The lowest BCUT2D eigenvalue weighted by Crippen LogP contribution is -2.28. The Morgan fingerprint density at radius 1 is 1.03 bits per heavy atom. The smallest absolute Gasteiger partial charge is 0.229 e. The van der Waals surface area contributed by atoms with Crippen molar-refractivity contribution < 1.29 is 14.3 Å². The summed E-state index contributed by atoms with van der Waals surface area (Å²) in [5.74, 6) is 0.796. The summed E-state index contributed by atoms with van der Waals surface area (Å²) in [5, 5.41) is 3.50. The van der Waals surface area contributed by atoms with Gasteiger partial charge in [-0.25, -0.2) is 0 Å². The molecule has 0 saturated carbocycles. The molecule has 0 aromatic heterocycles. The van der Waals surface area contributed by atoms with Gasteiger partial charge in [-0.05, 0) is 73.2 Å². The number of amides is 2. The van der Waals surface area contributed by atoms with Gasteiger partial charge in [-0.1, -0.05) is 23.7 Å². The van der Waals surface area contributed by atoms with E-state index in [0.29, 0.717) is 23.0 Å². The Hall–Kier alpha value is -3.31. The van der Waals surface area contributed by atoms with Gasteiger partial charge < -0.3 is 15.0 Å². The maximum Gasteiger partial charge on any atom is 0.229 e. The summed E-state index contributed by atoms with van der Waals surface area (Å²) in [6.45, 7) is 2.36. The van der Waals surface area contributed by atoms with Crippen LogP contribution in [0.2, 0.25) is 5.02 Å². The number of aryl methyl sites for hydroxylation is 1. The monoisotopic (exact) mass is 420 g/mol. The predicted molar refractivity (Wildman–Crippen MR) is 118 cm³/mol. The second kappa shape index (κ2) is 8.59. The van der Waals surface area contributed by atoms with Crippen LogP contribution in [0.25, 0.3) is 0 Å². The van der Waals surface area contributed by atoms with Crippen molar-refractivity contribution in [2.45, 2.75) is 13.3 Å². The summed E-state index contributed by atoms with van der Waals surface area (Å²) >= 11 is 5.91. The highest BCUT2D eigenvalue weighted by molar-refractivity contribution is 6.30. The lowest BCUT2D eigenvalue weighted by Gasteiger charge is -2.17. The van der Waals surface area contributed by atoms with Gasteiger partial charge in [0.25, 0.3) is 0 Å². The standard InChI is InChI=1S/C24H21ClN2O3/c1-16-3-2-4-22(13-16)30-21-11-7-19(8-12-21)26-24(29)17-14-23(28)27(15-17)20-9-5-18(25)6-10-20/h2-13,17H,14-15H2,1H3,(H,26,29)/t17-/m1/s1. The first kappa shape index (κ1) is 20.0. The number of nitrogens with zero attached hydrogens (tertiary/aromatic N) is 1. The predicted octanol–water partition coefficient (Wildman–Crippen LogP) is 5.43. The summed E-state index contributed by atoms with van der Waals surface area (Å²) < 4.78 is 5.83. The molecular formula is C24H21ClN2O3. The highest BCUT2D eigenvalue weighted by Gasteiger charge is 2.35. The second-order valence-corrected chi connectivity index (χ2v) is 7.75. The molecule has 0 radical (unpaired) electrons. The molecule has 5 nitrogen and oxygen atoms in total. The van der Waals surface area contributed by atoms with Crippen molar-refractivity contribution in [3.63, 3.8) is 0 Å². The Morgan fingerprint density at radius 2 is 1.77 bits per heavy atom. The van der Waals surface area contributed by atoms with Crippen LogP contribution in [-0.2, 0) is 9.59 Å². The highest BCUT2D eigenvalue weighted by atomic mass is 35.5. The third-order valence-corrected chi connectivity index (χ3v) is 5.23. The van der Waals surface area contributed by atoms with Gasteiger partial charge >= 0.3 is 0 Å². The molecule has 1 aliphatic rings. The van der Waals surface area contributed by atoms with E-state index in [-0.39, 0.29) is 18.2 Å². The summed E-state index contributed by atoms with van der Waals surface area (Å²) in [5.41, 5.74) is 2.53. The molecule has 3 aromatic rings. The third kappa shape index (κ3) is 4.63. The van der Waals surface area contributed by atoms with Gasteiger partial charge in [0, 0.05) is 29.4 Å². The van der Waals surface area contributed by atoms with Gasteiger partial charge in [0.05, 0.1) is 5.92 Å². The lowest BCUT2D eigenvalue weighted by atomic mass is 10.1. The van der Waals surface area contributed by atoms with Gasteiger partial charge in [-0.3, -0.25) is 9.59 Å². The van der Waals surface area contributed by atoms with Crippen molar-refractivity contribution in [1.29, 1.82) is 0 Å². The zero-order valence-corrected chi connectivity index (χ0v) is 17.2. The molecule has 152 valence electrons. The van der Waals surface area contributed by atoms with Crippen LogP contribution in [0.4, 0.5) is 11.4 Å². The molecule has 1 atom stereocenters. The Bertz CT molecular complexity index is 1060. The third-order valence-electron chi connectivity index (χ3n) is 4.98. The Balaban J connectivity index is 1.37. The normalized spacial score (nSPS) is 15.9. The number of carbonyl (C=O) groups is 2. The molecule has 3 aromatic carbocycles. The van der Waals surface area contributed by atoms with Crippen LogP contribution < -0.4 is 15.0 Å². The van der Waals surface area contributed by atoms with Crippen molar-refractivity contribution in [3.8, 4) is 11.5 Å². The number of carbonyl (C=O) groups excluding carboxylic acids is 2. The molecule has 0 bridgehead atoms. The van der Waals surface area contributed by atoms with E-state index < -0.39 is 5.92 Å². The maximum absolute atomic E-state index is 12.7. The van der Waals surface area contributed by atoms with Crippen LogP contribution in [0, 0.1) is 12.8 Å². The van der Waals surface area contributed by atoms with E-state index in [4.69, 9.17) is 16.3 Å². The molecular weight excluding hydrogens is 400 g/mol. The van der Waals surface area contributed by atoms with E-state index in [0.717, 1.165) is 17.0 Å². The molecule has 4 rings (SSSR count). The molecule has 1 saturated heterocycles. The van der Waals surface area contributed by atoms with Crippen molar-refractivity contribution in [2.75, 3.05) is 16.8 Å². The van der Waals surface area contributed by atoms with Crippen LogP contribution in [-0.4, -0.2) is 18.4 Å². The van der Waals surface area contributed by atoms with E-state index in [1.165, 1.54) is 0 Å². The average molecular weight is 421 g/mol. The van der Waals surface area contributed by atoms with Gasteiger partial charge in [-0.2, -0.15) is 0 Å². The lowest BCUT2D eigenvalue weighted by molar-refractivity contribution is -0.122. The van der Waals surface area contributed by atoms with E-state index >= 15 is 0 Å². The van der Waals surface area contributed by atoms with Gasteiger partial charge in [0.1, 0.15) is 11.5 Å². The second-order valence-electron chi connectivity index (χ2n) is 7.31. The number of rotatable bonds is 5. The van der Waals surface area contributed by atoms with Crippen molar-refractivity contribution >= 4 is 34.8 Å². The molecule has 1 heterocycles. The Labute approximate surface area is 180 Å². The zero-order chi connectivity index (χ0) is 21.1. The van der Waals surface area contributed by atoms with Gasteiger partial charge in [0.2, 0.25) is 11.8 Å². The molecule has 30 heavy (non-hydrogen) atoms. The number of nitrogens with one attached hydrogen (secondary N) is 1. The van der Waals surface area contributed by atoms with E-state index in [1.807, 2.05) is 31.2 Å². The minimum Gasteiger partial charge on any atom is -0.457 e. The minimum atomic E-state index is -0.406. The van der Waals surface area contributed by atoms with Crippen LogP contribution in [0.15, 0.2) is 72.8 Å². The van der Waals surface area contributed by atoms with Crippen molar-refractivity contribution in [3.05, 3.63) is 83.4 Å². The number of anilines is 2. The molecule has 2 amide bonds. The first-order valence-corrected chi connectivity index (χ1v) is 10.1. The molecule has 0 spiro atoms. The van der Waals surface area contributed by atoms with E-state index in [2.05, 4.69) is 5.32 Å². The molecule has 6 heteroatoms.